The second-order valence-electron chi connectivity index (χ2n) is 6.85. The minimum absolute atomic E-state index is 0. The van der Waals surface area contributed by atoms with E-state index in [1.165, 1.54) is 0 Å². The lowest BCUT2D eigenvalue weighted by Gasteiger charge is -2.16. The Bertz CT molecular complexity index is 646. The Morgan fingerprint density at radius 1 is 1.26 bits per heavy atom. The molecule has 2 aliphatic heterocycles. The molecule has 3 amide bonds. The number of carbonyl (C=O) groups is 2. The summed E-state index contributed by atoms with van der Waals surface area (Å²) in [6.45, 7) is 3.73. The summed E-state index contributed by atoms with van der Waals surface area (Å²) in [7, 11) is 0. The number of benzene rings is 1. The molecule has 2 fully saturated rings. The minimum atomic E-state index is -0.0408. The van der Waals surface area contributed by atoms with Crippen molar-refractivity contribution < 1.29 is 9.59 Å². The van der Waals surface area contributed by atoms with Gasteiger partial charge in [0, 0.05) is 29.7 Å². The van der Waals surface area contributed by atoms with Crippen molar-refractivity contribution in [3.63, 3.8) is 0 Å². The molecule has 1 aromatic carbocycles. The van der Waals surface area contributed by atoms with Crippen LogP contribution in [0.3, 0.4) is 0 Å². The first kappa shape index (κ1) is 21.9. The standard InChI is InChI=1S/C19H28N4O2S.ClH/c1-2-20-11-13-7-3-4-8-14(13)21-17(24)10-6-5-9-16-18-15(12-26-16)22-19(25)23-18;/h3-4,7-8,15-16,18,20H,2,5-6,9-12H2,1H3,(H,21,24)(H2,22,23,25);1H/t15-,16-,18-;/m0./s1. The highest BCUT2D eigenvalue weighted by atomic mass is 35.5. The first-order valence-electron chi connectivity index (χ1n) is 9.44. The topological polar surface area (TPSA) is 82.3 Å². The maximum atomic E-state index is 12.3. The van der Waals surface area contributed by atoms with Crippen LogP contribution in [0.25, 0.3) is 0 Å². The molecule has 150 valence electrons. The summed E-state index contributed by atoms with van der Waals surface area (Å²) in [6.07, 6.45) is 3.45. The molecule has 2 heterocycles. The zero-order chi connectivity index (χ0) is 18.4. The quantitative estimate of drug-likeness (QED) is 0.371. The summed E-state index contributed by atoms with van der Waals surface area (Å²) in [5.41, 5.74) is 2.01. The number of nitrogens with one attached hydrogen (secondary N) is 4. The Hall–Kier alpha value is -1.44. The van der Waals surface area contributed by atoms with E-state index in [0.717, 1.165) is 49.4 Å². The third kappa shape index (κ3) is 6.02. The van der Waals surface area contributed by atoms with Crippen LogP contribution in [0.1, 0.15) is 38.2 Å². The molecule has 8 heteroatoms. The lowest BCUT2D eigenvalue weighted by Crippen LogP contribution is -2.36. The van der Waals surface area contributed by atoms with E-state index in [1.54, 1.807) is 0 Å². The maximum absolute atomic E-state index is 12.3. The zero-order valence-corrected chi connectivity index (χ0v) is 17.3. The molecule has 1 aromatic rings. The number of unbranched alkanes of at least 4 members (excludes halogenated alkanes) is 1. The number of halogens is 1. The molecular weight excluding hydrogens is 384 g/mol. The molecule has 3 rings (SSSR count). The van der Waals surface area contributed by atoms with Crippen LogP contribution in [0, 0.1) is 0 Å². The van der Waals surface area contributed by atoms with Gasteiger partial charge in [0.1, 0.15) is 0 Å². The molecule has 2 aliphatic rings. The molecule has 0 saturated carbocycles. The Morgan fingerprint density at radius 3 is 2.89 bits per heavy atom. The molecule has 0 spiro atoms. The molecule has 3 atom stereocenters. The van der Waals surface area contributed by atoms with Gasteiger partial charge in [0.25, 0.3) is 0 Å². The predicted molar refractivity (Wildman–Crippen MR) is 114 cm³/mol. The van der Waals surface area contributed by atoms with E-state index in [-0.39, 0.29) is 36.4 Å². The Labute approximate surface area is 171 Å². The lowest BCUT2D eigenvalue weighted by atomic mass is 10.0. The van der Waals surface area contributed by atoms with Crippen molar-refractivity contribution in [1.82, 2.24) is 16.0 Å². The van der Waals surface area contributed by atoms with E-state index in [9.17, 15) is 9.59 Å². The first-order chi connectivity index (χ1) is 12.7. The predicted octanol–water partition coefficient (Wildman–Crippen LogP) is 2.88. The largest absolute Gasteiger partial charge is 0.332 e. The molecule has 0 aromatic heterocycles. The van der Waals surface area contributed by atoms with Crippen LogP contribution >= 0.6 is 24.2 Å². The van der Waals surface area contributed by atoms with Crippen LogP contribution in [-0.2, 0) is 11.3 Å². The highest BCUT2D eigenvalue weighted by Crippen LogP contribution is 2.33. The lowest BCUT2D eigenvalue weighted by molar-refractivity contribution is -0.116. The Morgan fingerprint density at radius 2 is 2.07 bits per heavy atom. The van der Waals surface area contributed by atoms with E-state index < -0.39 is 0 Å². The van der Waals surface area contributed by atoms with Gasteiger partial charge in [-0.1, -0.05) is 31.5 Å². The van der Waals surface area contributed by atoms with E-state index >= 15 is 0 Å². The number of rotatable bonds is 9. The molecule has 0 bridgehead atoms. The van der Waals surface area contributed by atoms with E-state index in [1.807, 2.05) is 36.0 Å². The van der Waals surface area contributed by atoms with Crippen molar-refractivity contribution >= 4 is 41.8 Å². The first-order valence-corrected chi connectivity index (χ1v) is 10.5. The summed E-state index contributed by atoms with van der Waals surface area (Å²) in [5, 5.41) is 12.8. The van der Waals surface area contributed by atoms with Crippen LogP contribution in [-0.4, -0.2) is 41.6 Å². The van der Waals surface area contributed by atoms with Crippen molar-refractivity contribution in [2.24, 2.45) is 0 Å². The zero-order valence-electron chi connectivity index (χ0n) is 15.6. The van der Waals surface area contributed by atoms with Crippen molar-refractivity contribution in [3.05, 3.63) is 29.8 Å². The monoisotopic (exact) mass is 412 g/mol. The Kier molecular flexibility index (Phi) is 8.73. The number of thioether (sulfide) groups is 1. The molecule has 0 unspecified atom stereocenters. The molecule has 27 heavy (non-hydrogen) atoms. The molecule has 6 nitrogen and oxygen atoms in total. The number of carbonyl (C=O) groups excluding carboxylic acids is 2. The third-order valence-corrected chi connectivity index (χ3v) is 6.45. The molecule has 2 saturated heterocycles. The van der Waals surface area contributed by atoms with Crippen molar-refractivity contribution in [2.75, 3.05) is 17.6 Å². The van der Waals surface area contributed by atoms with Crippen LogP contribution in [0.2, 0.25) is 0 Å². The van der Waals surface area contributed by atoms with Gasteiger partial charge in [0.05, 0.1) is 12.1 Å². The van der Waals surface area contributed by atoms with Gasteiger partial charge in [-0.25, -0.2) is 4.79 Å². The second kappa shape index (κ2) is 10.8. The number of fused-ring (bicyclic) bond motifs is 1. The van der Waals surface area contributed by atoms with Crippen LogP contribution < -0.4 is 21.3 Å². The third-order valence-electron chi connectivity index (χ3n) is 4.94. The average Bonchev–Trinajstić information content (AvgIpc) is 3.17. The van der Waals surface area contributed by atoms with Gasteiger partial charge < -0.3 is 21.3 Å². The molecular formula is C19H29ClN4O2S. The average molecular weight is 413 g/mol. The van der Waals surface area contributed by atoms with Crippen LogP contribution in [0.5, 0.6) is 0 Å². The van der Waals surface area contributed by atoms with Gasteiger partial charge >= 0.3 is 6.03 Å². The van der Waals surface area contributed by atoms with Gasteiger partial charge in [-0.2, -0.15) is 11.8 Å². The molecule has 0 aliphatic carbocycles. The van der Waals surface area contributed by atoms with Crippen molar-refractivity contribution in [3.8, 4) is 0 Å². The van der Waals surface area contributed by atoms with Gasteiger partial charge in [-0.05, 0) is 31.0 Å². The highest BCUT2D eigenvalue weighted by Gasteiger charge is 2.42. The van der Waals surface area contributed by atoms with Gasteiger partial charge in [0.2, 0.25) is 5.91 Å². The Balaban J connectivity index is 0.00000261. The number of hydrogen-bond donors (Lipinski definition) is 4. The summed E-state index contributed by atoms with van der Waals surface area (Å²) >= 11 is 1.92. The number of anilines is 1. The summed E-state index contributed by atoms with van der Waals surface area (Å²) in [6, 6.07) is 8.41. The maximum Gasteiger partial charge on any atom is 0.315 e. The van der Waals surface area contributed by atoms with Gasteiger partial charge in [-0.15, -0.1) is 12.4 Å². The normalized spacial score (nSPS) is 23.1. The summed E-state index contributed by atoms with van der Waals surface area (Å²) < 4.78 is 0. The number of hydrogen-bond acceptors (Lipinski definition) is 4. The fourth-order valence-electron chi connectivity index (χ4n) is 3.54. The van der Waals surface area contributed by atoms with E-state index in [4.69, 9.17) is 0 Å². The fourth-order valence-corrected chi connectivity index (χ4v) is 5.09. The molecule has 0 radical (unpaired) electrons. The number of urea groups is 1. The fraction of sp³-hybridized carbons (Fsp3) is 0.579. The van der Waals surface area contributed by atoms with Crippen LogP contribution in [0.4, 0.5) is 10.5 Å². The minimum Gasteiger partial charge on any atom is -0.332 e. The smallest absolute Gasteiger partial charge is 0.315 e. The number of amides is 3. The molecule has 4 N–H and O–H groups in total. The highest BCUT2D eigenvalue weighted by molar-refractivity contribution is 8.00. The van der Waals surface area contributed by atoms with Crippen molar-refractivity contribution in [2.45, 2.75) is 56.5 Å². The van der Waals surface area contributed by atoms with Gasteiger partial charge in [-0.3, -0.25) is 4.79 Å². The SMILES string of the molecule is CCNCc1ccccc1NC(=O)CCCC[C@@H]1SC[C@@H]2NC(=O)N[C@@H]21.Cl. The van der Waals surface area contributed by atoms with E-state index in [0.29, 0.717) is 11.7 Å². The summed E-state index contributed by atoms with van der Waals surface area (Å²) in [5.74, 6) is 1.05. The number of para-hydroxylation sites is 1. The van der Waals surface area contributed by atoms with Gasteiger partial charge in [0.15, 0.2) is 0 Å². The van der Waals surface area contributed by atoms with Crippen LogP contribution in [0.15, 0.2) is 24.3 Å². The van der Waals surface area contributed by atoms with Crippen molar-refractivity contribution in [1.29, 1.82) is 0 Å². The second-order valence-corrected chi connectivity index (χ2v) is 8.13. The van der Waals surface area contributed by atoms with E-state index in [2.05, 4.69) is 28.2 Å². The summed E-state index contributed by atoms with van der Waals surface area (Å²) in [4.78, 5) is 23.7.